The van der Waals surface area contributed by atoms with Crippen LogP contribution in [0.25, 0.3) is 0 Å². The van der Waals surface area contributed by atoms with Crippen molar-refractivity contribution >= 4 is 11.6 Å². The summed E-state index contributed by atoms with van der Waals surface area (Å²) in [5, 5.41) is 0.606. The minimum Gasteiger partial charge on any atom is -0.489 e. The predicted molar refractivity (Wildman–Crippen MR) is 61.6 cm³/mol. The second-order valence-corrected chi connectivity index (χ2v) is 5.47. The number of rotatable bonds is 2. The Labute approximate surface area is 95.6 Å². The zero-order valence-corrected chi connectivity index (χ0v) is 10.1. The second-order valence-electron chi connectivity index (χ2n) is 5.07. The molecule has 2 nitrogen and oxygen atoms in total. The fourth-order valence-electron chi connectivity index (χ4n) is 1.29. The van der Waals surface area contributed by atoms with Gasteiger partial charge in [-0.1, -0.05) is 32.4 Å². The van der Waals surface area contributed by atoms with Crippen molar-refractivity contribution in [2.24, 2.45) is 0 Å². The highest BCUT2D eigenvalue weighted by Gasteiger charge is 2.25. The average molecular weight is 226 g/mol. The van der Waals surface area contributed by atoms with Crippen molar-refractivity contribution in [3.63, 3.8) is 0 Å². The monoisotopic (exact) mass is 225 g/mol. The van der Waals surface area contributed by atoms with Crippen LogP contribution in [0.1, 0.15) is 39.3 Å². The Hall–Kier alpha value is -0.760. The smallest absolute Gasteiger partial charge is 0.141 e. The van der Waals surface area contributed by atoms with Gasteiger partial charge in [0.1, 0.15) is 10.8 Å². The molecule has 0 atom stereocenters. The highest BCUT2D eigenvalue weighted by Crippen LogP contribution is 2.34. The van der Waals surface area contributed by atoms with Crippen molar-refractivity contribution in [2.75, 3.05) is 0 Å². The van der Waals surface area contributed by atoms with Crippen LogP contribution in [0.5, 0.6) is 5.75 Å². The van der Waals surface area contributed by atoms with Crippen molar-refractivity contribution < 1.29 is 4.74 Å². The Kier molecular flexibility index (Phi) is 2.63. The molecule has 0 N–H and O–H groups in total. The SMILES string of the molecule is CC(C)(C)c1cc(OC2CC2)c(Cl)cn1. The van der Waals surface area contributed by atoms with Gasteiger partial charge in [-0.2, -0.15) is 0 Å². The van der Waals surface area contributed by atoms with E-state index >= 15 is 0 Å². The lowest BCUT2D eigenvalue weighted by Crippen LogP contribution is -2.13. The Morgan fingerprint density at radius 3 is 2.60 bits per heavy atom. The summed E-state index contributed by atoms with van der Waals surface area (Å²) in [6.45, 7) is 6.39. The molecular formula is C12H16ClNO. The lowest BCUT2D eigenvalue weighted by molar-refractivity contribution is 0.302. The quantitative estimate of drug-likeness (QED) is 0.768. The minimum atomic E-state index is 0.0340. The fourth-order valence-corrected chi connectivity index (χ4v) is 1.43. The van der Waals surface area contributed by atoms with E-state index in [4.69, 9.17) is 16.3 Å². The van der Waals surface area contributed by atoms with Crippen molar-refractivity contribution in [2.45, 2.75) is 45.1 Å². The molecule has 1 aliphatic rings. The normalized spacial score (nSPS) is 16.5. The van der Waals surface area contributed by atoms with Crippen LogP contribution in [-0.4, -0.2) is 11.1 Å². The van der Waals surface area contributed by atoms with Gasteiger partial charge >= 0.3 is 0 Å². The molecule has 0 radical (unpaired) electrons. The van der Waals surface area contributed by atoms with Gasteiger partial charge in [-0.15, -0.1) is 0 Å². The molecule has 0 aliphatic heterocycles. The van der Waals surface area contributed by atoms with Gasteiger partial charge in [0.05, 0.1) is 6.10 Å². The molecule has 1 fully saturated rings. The number of ether oxygens (including phenoxy) is 1. The van der Waals surface area contributed by atoms with E-state index in [0.29, 0.717) is 11.1 Å². The van der Waals surface area contributed by atoms with Crippen molar-refractivity contribution in [1.82, 2.24) is 4.98 Å². The molecule has 0 amide bonds. The molecule has 1 aromatic heterocycles. The second kappa shape index (κ2) is 3.67. The van der Waals surface area contributed by atoms with Crippen LogP contribution < -0.4 is 4.74 Å². The first-order valence-corrected chi connectivity index (χ1v) is 5.67. The summed E-state index contributed by atoms with van der Waals surface area (Å²) in [5.74, 6) is 0.777. The van der Waals surface area contributed by atoms with Crippen LogP contribution >= 0.6 is 11.6 Å². The average Bonchev–Trinajstić information content (AvgIpc) is 2.90. The van der Waals surface area contributed by atoms with Crippen LogP contribution in [0.2, 0.25) is 5.02 Å². The molecule has 82 valence electrons. The van der Waals surface area contributed by atoms with Crippen LogP contribution in [0, 0.1) is 0 Å². The highest BCUT2D eigenvalue weighted by molar-refractivity contribution is 6.31. The lowest BCUT2D eigenvalue weighted by atomic mass is 9.91. The third-order valence-corrected chi connectivity index (χ3v) is 2.69. The van der Waals surface area contributed by atoms with E-state index in [2.05, 4.69) is 25.8 Å². The number of nitrogens with zero attached hydrogens (tertiary/aromatic N) is 1. The summed E-state index contributed by atoms with van der Waals surface area (Å²) in [6, 6.07) is 1.96. The lowest BCUT2D eigenvalue weighted by Gasteiger charge is -2.19. The standard InChI is InChI=1S/C12H16ClNO/c1-12(2,3)11-6-10(9(13)7-14-11)15-8-4-5-8/h6-8H,4-5H2,1-3H3. The van der Waals surface area contributed by atoms with Crippen molar-refractivity contribution in [3.05, 3.63) is 23.0 Å². The van der Waals surface area contributed by atoms with E-state index in [1.54, 1.807) is 6.20 Å². The first-order valence-electron chi connectivity index (χ1n) is 5.29. The van der Waals surface area contributed by atoms with E-state index in [1.165, 1.54) is 0 Å². The maximum Gasteiger partial charge on any atom is 0.141 e. The molecule has 1 aliphatic carbocycles. The van der Waals surface area contributed by atoms with Crippen molar-refractivity contribution in [3.8, 4) is 5.75 Å². The van der Waals surface area contributed by atoms with Crippen LogP contribution in [0.4, 0.5) is 0 Å². The largest absolute Gasteiger partial charge is 0.489 e. The molecule has 1 heterocycles. The third kappa shape index (κ3) is 2.63. The topological polar surface area (TPSA) is 22.1 Å². The summed E-state index contributed by atoms with van der Waals surface area (Å²) in [4.78, 5) is 4.33. The maximum atomic E-state index is 6.03. The van der Waals surface area contributed by atoms with Crippen molar-refractivity contribution in [1.29, 1.82) is 0 Å². The first kappa shape index (κ1) is 10.7. The number of pyridine rings is 1. The summed E-state index contributed by atoms with van der Waals surface area (Å²) in [6.07, 6.45) is 4.34. The molecule has 0 spiro atoms. The molecular weight excluding hydrogens is 210 g/mol. The Morgan fingerprint density at radius 2 is 2.07 bits per heavy atom. The number of aromatic nitrogens is 1. The molecule has 0 bridgehead atoms. The third-order valence-electron chi connectivity index (χ3n) is 2.41. The highest BCUT2D eigenvalue weighted by atomic mass is 35.5. The van der Waals surface area contributed by atoms with Gasteiger partial charge < -0.3 is 4.74 Å². The van der Waals surface area contributed by atoms with E-state index in [9.17, 15) is 0 Å². The van der Waals surface area contributed by atoms with Crippen LogP contribution in [-0.2, 0) is 5.41 Å². The van der Waals surface area contributed by atoms with E-state index in [1.807, 2.05) is 6.07 Å². The van der Waals surface area contributed by atoms with Gasteiger partial charge in [0, 0.05) is 23.4 Å². The van der Waals surface area contributed by atoms with Gasteiger partial charge in [0.2, 0.25) is 0 Å². The number of halogens is 1. The fraction of sp³-hybridized carbons (Fsp3) is 0.583. The van der Waals surface area contributed by atoms with Crippen LogP contribution in [0.3, 0.4) is 0 Å². The summed E-state index contributed by atoms with van der Waals surface area (Å²) in [7, 11) is 0. The molecule has 0 unspecified atom stereocenters. The van der Waals surface area contributed by atoms with Gasteiger partial charge in [-0.25, -0.2) is 0 Å². The minimum absolute atomic E-state index is 0.0340. The zero-order chi connectivity index (χ0) is 11.1. The molecule has 1 aromatic rings. The Bertz CT molecular complexity index is 366. The number of hydrogen-bond acceptors (Lipinski definition) is 2. The predicted octanol–water partition coefficient (Wildman–Crippen LogP) is 3.57. The van der Waals surface area contributed by atoms with Gasteiger partial charge in [-0.3, -0.25) is 4.98 Å². The van der Waals surface area contributed by atoms with E-state index < -0.39 is 0 Å². The zero-order valence-electron chi connectivity index (χ0n) is 9.38. The molecule has 1 saturated carbocycles. The summed E-state index contributed by atoms with van der Waals surface area (Å²) in [5.41, 5.74) is 1.05. The van der Waals surface area contributed by atoms with E-state index in [0.717, 1.165) is 24.3 Å². The Morgan fingerprint density at radius 1 is 1.40 bits per heavy atom. The van der Waals surface area contributed by atoms with Gasteiger partial charge in [0.25, 0.3) is 0 Å². The maximum absolute atomic E-state index is 6.03. The molecule has 0 aromatic carbocycles. The Balaban J connectivity index is 2.27. The number of hydrogen-bond donors (Lipinski definition) is 0. The molecule has 0 saturated heterocycles. The summed E-state index contributed by atoms with van der Waals surface area (Å²) < 4.78 is 5.72. The van der Waals surface area contributed by atoms with Crippen LogP contribution in [0.15, 0.2) is 12.3 Å². The molecule has 15 heavy (non-hydrogen) atoms. The molecule has 3 heteroatoms. The first-order chi connectivity index (χ1) is 6.97. The van der Waals surface area contributed by atoms with Gasteiger partial charge in [0.15, 0.2) is 0 Å². The van der Waals surface area contributed by atoms with Gasteiger partial charge in [-0.05, 0) is 12.8 Å². The van der Waals surface area contributed by atoms with E-state index in [-0.39, 0.29) is 5.41 Å². The summed E-state index contributed by atoms with van der Waals surface area (Å²) >= 11 is 6.03. The molecule has 2 rings (SSSR count).